The number of aryl methyl sites for hydroxylation is 2. The molecule has 1 aliphatic heterocycles. The van der Waals surface area contributed by atoms with E-state index in [9.17, 15) is 4.79 Å². The Morgan fingerprint density at radius 3 is 2.70 bits per heavy atom. The molecule has 2 heterocycles. The summed E-state index contributed by atoms with van der Waals surface area (Å²) in [5.74, 6) is 0.666. The first-order valence-corrected chi connectivity index (χ1v) is 7.14. The molecule has 0 atom stereocenters. The van der Waals surface area contributed by atoms with Gasteiger partial charge in [-0.1, -0.05) is 11.6 Å². The number of fused-ring (bicyclic) bond motifs is 1. The van der Waals surface area contributed by atoms with Crippen molar-refractivity contribution in [2.24, 2.45) is 0 Å². The number of amides is 1. The van der Waals surface area contributed by atoms with Gasteiger partial charge in [-0.3, -0.25) is 0 Å². The minimum Gasteiger partial charge on any atom is -0.444 e. The van der Waals surface area contributed by atoms with E-state index in [0.717, 1.165) is 24.1 Å². The average molecular weight is 298 g/mol. The van der Waals surface area contributed by atoms with Crippen LogP contribution in [0.2, 0.25) is 5.15 Å². The molecule has 0 aliphatic carbocycles. The number of ether oxygens (including phenoxy) is 1. The van der Waals surface area contributed by atoms with Gasteiger partial charge in [-0.2, -0.15) is 0 Å². The number of nitrogens with zero attached hydrogens (tertiary/aromatic N) is 3. The Bertz CT molecular complexity index is 526. The zero-order chi connectivity index (χ0) is 14.9. The molecular weight excluding hydrogens is 278 g/mol. The number of carbonyl (C=O) groups is 1. The van der Waals surface area contributed by atoms with Crippen molar-refractivity contribution in [1.82, 2.24) is 14.9 Å². The normalized spacial score (nSPS) is 15.6. The van der Waals surface area contributed by atoms with Crippen LogP contribution < -0.4 is 0 Å². The highest BCUT2D eigenvalue weighted by atomic mass is 35.5. The molecule has 0 aromatic carbocycles. The van der Waals surface area contributed by atoms with Gasteiger partial charge < -0.3 is 9.64 Å². The summed E-state index contributed by atoms with van der Waals surface area (Å²) in [5, 5.41) is 0.433. The van der Waals surface area contributed by atoms with Crippen LogP contribution in [-0.2, 0) is 17.7 Å². The van der Waals surface area contributed by atoms with E-state index in [-0.39, 0.29) is 6.09 Å². The number of halogens is 1. The molecular formula is C14H20ClN3O2. The first kappa shape index (κ1) is 15.0. The highest BCUT2D eigenvalue weighted by Gasteiger charge is 2.26. The molecule has 6 heteroatoms. The standard InChI is InChI=1S/C14H20ClN3O2/c1-9-16-11-6-5-7-18(8-10(11)12(15)17-9)13(19)20-14(2,3)4/h5-8H2,1-4H3. The monoisotopic (exact) mass is 297 g/mol. The molecule has 1 aromatic heterocycles. The number of rotatable bonds is 0. The van der Waals surface area contributed by atoms with Crippen molar-refractivity contribution in [3.8, 4) is 0 Å². The predicted octanol–water partition coefficient (Wildman–Crippen LogP) is 3.12. The lowest BCUT2D eigenvalue weighted by Gasteiger charge is -2.26. The van der Waals surface area contributed by atoms with E-state index in [2.05, 4.69) is 9.97 Å². The predicted molar refractivity (Wildman–Crippen MR) is 76.7 cm³/mol. The van der Waals surface area contributed by atoms with Crippen LogP contribution >= 0.6 is 11.6 Å². The molecule has 110 valence electrons. The van der Waals surface area contributed by atoms with Crippen molar-refractivity contribution in [3.05, 3.63) is 22.2 Å². The molecule has 0 saturated heterocycles. The fraction of sp³-hybridized carbons (Fsp3) is 0.643. The highest BCUT2D eigenvalue weighted by molar-refractivity contribution is 6.30. The maximum Gasteiger partial charge on any atom is 0.410 e. The SMILES string of the molecule is Cc1nc(Cl)c2c(n1)CCCN(C(=O)OC(C)(C)C)C2. The third-order valence-electron chi connectivity index (χ3n) is 3.00. The fourth-order valence-electron chi connectivity index (χ4n) is 2.17. The fourth-order valence-corrected chi connectivity index (χ4v) is 2.46. The molecule has 0 bridgehead atoms. The van der Waals surface area contributed by atoms with E-state index in [4.69, 9.17) is 16.3 Å². The lowest BCUT2D eigenvalue weighted by molar-refractivity contribution is 0.0237. The van der Waals surface area contributed by atoms with Crippen molar-refractivity contribution in [2.45, 2.75) is 52.7 Å². The van der Waals surface area contributed by atoms with Crippen LogP contribution in [0.15, 0.2) is 0 Å². The molecule has 0 fully saturated rings. The molecule has 5 nitrogen and oxygen atoms in total. The Labute approximate surface area is 124 Å². The molecule has 20 heavy (non-hydrogen) atoms. The van der Waals surface area contributed by atoms with E-state index < -0.39 is 5.60 Å². The molecule has 0 radical (unpaired) electrons. The molecule has 0 spiro atoms. The largest absolute Gasteiger partial charge is 0.444 e. The smallest absolute Gasteiger partial charge is 0.410 e. The lowest BCUT2D eigenvalue weighted by Crippen LogP contribution is -2.36. The first-order chi connectivity index (χ1) is 9.26. The van der Waals surface area contributed by atoms with Gasteiger partial charge >= 0.3 is 6.09 Å². The second-order valence-electron chi connectivity index (χ2n) is 5.99. The zero-order valence-electron chi connectivity index (χ0n) is 12.4. The van der Waals surface area contributed by atoms with Gasteiger partial charge in [-0.25, -0.2) is 14.8 Å². The maximum atomic E-state index is 12.2. The number of carbonyl (C=O) groups excluding carboxylic acids is 1. The summed E-state index contributed by atoms with van der Waals surface area (Å²) in [5.41, 5.74) is 1.27. The van der Waals surface area contributed by atoms with Gasteiger partial charge in [0.1, 0.15) is 16.6 Å². The van der Waals surface area contributed by atoms with Crippen LogP contribution in [0.5, 0.6) is 0 Å². The Morgan fingerprint density at radius 2 is 2.05 bits per heavy atom. The topological polar surface area (TPSA) is 55.3 Å². The second kappa shape index (κ2) is 5.56. The van der Waals surface area contributed by atoms with Crippen LogP contribution in [0.4, 0.5) is 4.79 Å². The Kier molecular flexibility index (Phi) is 4.18. The van der Waals surface area contributed by atoms with Crippen molar-refractivity contribution < 1.29 is 9.53 Å². The van der Waals surface area contributed by atoms with Crippen LogP contribution in [0.25, 0.3) is 0 Å². The second-order valence-corrected chi connectivity index (χ2v) is 6.35. The summed E-state index contributed by atoms with van der Waals surface area (Å²) in [6.07, 6.45) is 1.33. The molecule has 1 aromatic rings. The van der Waals surface area contributed by atoms with E-state index in [0.29, 0.717) is 24.1 Å². The van der Waals surface area contributed by atoms with Crippen molar-refractivity contribution in [3.63, 3.8) is 0 Å². The van der Waals surface area contributed by atoms with Crippen LogP contribution in [0.3, 0.4) is 0 Å². The molecule has 0 unspecified atom stereocenters. The number of hydrogen-bond acceptors (Lipinski definition) is 4. The summed E-state index contributed by atoms with van der Waals surface area (Å²) < 4.78 is 5.41. The van der Waals surface area contributed by atoms with Gasteiger partial charge in [0.05, 0.1) is 12.2 Å². The van der Waals surface area contributed by atoms with Crippen molar-refractivity contribution in [2.75, 3.05) is 6.54 Å². The molecule has 2 rings (SSSR count). The zero-order valence-corrected chi connectivity index (χ0v) is 13.1. The maximum absolute atomic E-state index is 12.2. The summed E-state index contributed by atoms with van der Waals surface area (Å²) in [6.45, 7) is 8.44. The molecule has 1 aliphatic rings. The van der Waals surface area contributed by atoms with Gasteiger partial charge in [0.2, 0.25) is 0 Å². The lowest BCUT2D eigenvalue weighted by atomic mass is 10.1. The van der Waals surface area contributed by atoms with Crippen molar-refractivity contribution in [1.29, 1.82) is 0 Å². The minimum atomic E-state index is -0.500. The van der Waals surface area contributed by atoms with Crippen molar-refractivity contribution >= 4 is 17.7 Å². The van der Waals surface area contributed by atoms with E-state index in [1.165, 1.54) is 0 Å². The summed E-state index contributed by atoms with van der Waals surface area (Å²) >= 11 is 6.19. The molecule has 1 amide bonds. The van der Waals surface area contributed by atoms with E-state index >= 15 is 0 Å². The number of aromatic nitrogens is 2. The van der Waals surface area contributed by atoms with Gasteiger partial charge in [0, 0.05) is 12.1 Å². The first-order valence-electron chi connectivity index (χ1n) is 6.76. The summed E-state index contributed by atoms with van der Waals surface area (Å²) in [7, 11) is 0. The van der Waals surface area contributed by atoms with Crippen LogP contribution in [-0.4, -0.2) is 33.1 Å². The molecule has 0 N–H and O–H groups in total. The highest BCUT2D eigenvalue weighted by Crippen LogP contribution is 2.24. The van der Waals surface area contributed by atoms with E-state index in [1.807, 2.05) is 27.7 Å². The average Bonchev–Trinajstić information content (AvgIpc) is 2.49. The Hall–Kier alpha value is -1.36. The van der Waals surface area contributed by atoms with E-state index in [1.54, 1.807) is 4.90 Å². The van der Waals surface area contributed by atoms with Gasteiger partial charge in [-0.05, 0) is 40.5 Å². The molecule has 0 saturated carbocycles. The quantitative estimate of drug-likeness (QED) is 0.690. The number of hydrogen-bond donors (Lipinski definition) is 0. The minimum absolute atomic E-state index is 0.318. The summed E-state index contributed by atoms with van der Waals surface area (Å²) in [4.78, 5) is 22.4. The summed E-state index contributed by atoms with van der Waals surface area (Å²) in [6, 6.07) is 0. The van der Waals surface area contributed by atoms with Gasteiger partial charge in [-0.15, -0.1) is 0 Å². The Balaban J connectivity index is 2.22. The van der Waals surface area contributed by atoms with Gasteiger partial charge in [0.15, 0.2) is 0 Å². The third kappa shape index (κ3) is 3.60. The van der Waals surface area contributed by atoms with Crippen LogP contribution in [0.1, 0.15) is 44.3 Å². The van der Waals surface area contributed by atoms with Crippen LogP contribution in [0, 0.1) is 6.92 Å². The third-order valence-corrected chi connectivity index (χ3v) is 3.31. The Morgan fingerprint density at radius 1 is 1.35 bits per heavy atom. The van der Waals surface area contributed by atoms with Gasteiger partial charge in [0.25, 0.3) is 0 Å².